The van der Waals surface area contributed by atoms with Gasteiger partial charge in [-0.3, -0.25) is 14.0 Å². The second kappa shape index (κ2) is 10.4. The number of fused-ring (bicyclic) bond motifs is 1. The smallest absolute Gasteiger partial charge is 0.253 e. The summed E-state index contributed by atoms with van der Waals surface area (Å²) in [4.78, 5) is 27.9. The highest BCUT2D eigenvalue weighted by Gasteiger charge is 2.31. The van der Waals surface area contributed by atoms with E-state index in [9.17, 15) is 9.59 Å². The summed E-state index contributed by atoms with van der Waals surface area (Å²) in [5.74, 6) is 1.25. The Bertz CT molecular complexity index is 1090. The molecule has 0 spiro atoms. The first-order valence-corrected chi connectivity index (χ1v) is 12.5. The van der Waals surface area contributed by atoms with Crippen LogP contribution in [0.15, 0.2) is 48.7 Å². The van der Waals surface area contributed by atoms with Gasteiger partial charge in [0.15, 0.2) is 11.5 Å². The molecule has 2 amide bonds. The van der Waals surface area contributed by atoms with Gasteiger partial charge in [0.2, 0.25) is 5.91 Å². The number of carbonyl (C=O) groups is 2. The van der Waals surface area contributed by atoms with Crippen LogP contribution < -0.4 is 5.32 Å². The molecule has 2 atom stereocenters. The Morgan fingerprint density at radius 3 is 2.81 bits per heavy atom. The van der Waals surface area contributed by atoms with E-state index in [0.717, 1.165) is 36.5 Å². The van der Waals surface area contributed by atoms with Gasteiger partial charge in [0.05, 0.1) is 12.0 Å². The molecule has 32 heavy (non-hydrogen) atoms. The van der Waals surface area contributed by atoms with Gasteiger partial charge in [-0.1, -0.05) is 17.7 Å². The number of halogens is 1. The molecule has 9 heteroatoms. The van der Waals surface area contributed by atoms with E-state index in [1.54, 1.807) is 40.9 Å². The van der Waals surface area contributed by atoms with E-state index in [2.05, 4.69) is 15.5 Å². The van der Waals surface area contributed by atoms with Gasteiger partial charge in [0, 0.05) is 29.9 Å². The van der Waals surface area contributed by atoms with E-state index in [0.29, 0.717) is 23.7 Å². The molecule has 4 rings (SSSR count). The fraction of sp³-hybridized carbons (Fsp3) is 0.391. The lowest BCUT2D eigenvalue weighted by Gasteiger charge is -2.33. The fourth-order valence-corrected chi connectivity index (χ4v) is 4.64. The Hall–Kier alpha value is -2.58. The summed E-state index contributed by atoms with van der Waals surface area (Å²) in [6, 6.07) is 12.4. The number of thioether (sulfide) groups is 1. The number of hydrogen-bond acceptors (Lipinski definition) is 5. The summed E-state index contributed by atoms with van der Waals surface area (Å²) in [6.07, 6.45) is 6.26. The lowest BCUT2D eigenvalue weighted by Crippen LogP contribution is -2.46. The van der Waals surface area contributed by atoms with E-state index in [1.165, 1.54) is 0 Å². The van der Waals surface area contributed by atoms with Crippen LogP contribution in [-0.4, -0.2) is 56.4 Å². The second-order valence-electron chi connectivity index (χ2n) is 7.93. The zero-order valence-electron chi connectivity index (χ0n) is 17.9. The minimum absolute atomic E-state index is 0.0441. The van der Waals surface area contributed by atoms with E-state index < -0.39 is 0 Å². The van der Waals surface area contributed by atoms with Crippen LogP contribution >= 0.6 is 23.4 Å². The molecule has 1 aromatic carbocycles. The third-order valence-corrected chi connectivity index (χ3v) is 6.65. The number of likely N-dealkylation sites (tertiary alicyclic amines) is 1. The van der Waals surface area contributed by atoms with E-state index >= 15 is 0 Å². The number of pyridine rings is 1. The van der Waals surface area contributed by atoms with E-state index in [4.69, 9.17) is 11.6 Å². The first kappa shape index (κ1) is 22.6. The van der Waals surface area contributed by atoms with Crippen molar-refractivity contribution in [2.24, 2.45) is 5.92 Å². The molecule has 1 N–H and O–H groups in total. The predicted molar refractivity (Wildman–Crippen MR) is 127 cm³/mol. The molecule has 1 aliphatic rings. The van der Waals surface area contributed by atoms with Crippen molar-refractivity contribution in [3.05, 3.63) is 65.1 Å². The van der Waals surface area contributed by atoms with Crippen LogP contribution in [0.1, 0.15) is 41.5 Å². The summed E-state index contributed by atoms with van der Waals surface area (Å²) >= 11 is 7.67. The lowest BCUT2D eigenvalue weighted by atomic mass is 9.96. The van der Waals surface area contributed by atoms with Crippen LogP contribution in [0.2, 0.25) is 5.02 Å². The van der Waals surface area contributed by atoms with Gasteiger partial charge in [0.25, 0.3) is 5.91 Å². The van der Waals surface area contributed by atoms with Crippen molar-refractivity contribution >= 4 is 40.8 Å². The number of amides is 2. The summed E-state index contributed by atoms with van der Waals surface area (Å²) in [5, 5.41) is 12.4. The largest absolute Gasteiger partial charge is 0.346 e. The molecule has 7 nitrogen and oxygen atoms in total. The highest BCUT2D eigenvalue weighted by Crippen LogP contribution is 2.23. The second-order valence-corrected chi connectivity index (χ2v) is 9.35. The molecular formula is C23H26ClN5O2S. The van der Waals surface area contributed by atoms with Gasteiger partial charge in [-0.15, -0.1) is 10.2 Å². The first-order valence-electron chi connectivity index (χ1n) is 10.7. The highest BCUT2D eigenvalue weighted by atomic mass is 35.5. The zero-order valence-corrected chi connectivity index (χ0v) is 19.5. The van der Waals surface area contributed by atoms with Gasteiger partial charge in [0.1, 0.15) is 0 Å². The summed E-state index contributed by atoms with van der Waals surface area (Å²) in [6.45, 7) is 1.05. The topological polar surface area (TPSA) is 79.6 Å². The monoisotopic (exact) mass is 471 g/mol. The summed E-state index contributed by atoms with van der Waals surface area (Å²) < 4.78 is 1.92. The molecule has 0 saturated carbocycles. The number of nitrogens with zero attached hydrogens (tertiary/aromatic N) is 4. The van der Waals surface area contributed by atoms with Crippen molar-refractivity contribution < 1.29 is 9.59 Å². The van der Waals surface area contributed by atoms with E-state index in [-0.39, 0.29) is 23.8 Å². The number of nitrogens with one attached hydrogen (secondary N) is 1. The molecule has 2 aromatic heterocycles. The molecule has 168 valence electrons. The maximum atomic E-state index is 13.2. The average molecular weight is 472 g/mol. The first-order chi connectivity index (χ1) is 15.6. The molecule has 1 fully saturated rings. The summed E-state index contributed by atoms with van der Waals surface area (Å²) in [5.41, 5.74) is 1.34. The van der Waals surface area contributed by atoms with Gasteiger partial charge in [-0.2, -0.15) is 11.8 Å². The number of carbonyl (C=O) groups excluding carboxylic acids is 2. The fourth-order valence-electron chi connectivity index (χ4n) is 4.04. The van der Waals surface area contributed by atoms with Crippen LogP contribution in [0.4, 0.5) is 0 Å². The molecule has 0 radical (unpaired) electrons. The van der Waals surface area contributed by atoms with Crippen LogP contribution in [0.25, 0.3) is 5.65 Å². The van der Waals surface area contributed by atoms with Crippen molar-refractivity contribution in [1.82, 2.24) is 24.8 Å². The summed E-state index contributed by atoms with van der Waals surface area (Å²) in [7, 11) is 0. The highest BCUT2D eigenvalue weighted by molar-refractivity contribution is 7.98. The van der Waals surface area contributed by atoms with Crippen LogP contribution in [0.3, 0.4) is 0 Å². The molecule has 0 aliphatic carbocycles. The Morgan fingerprint density at radius 2 is 2.03 bits per heavy atom. The normalized spacial score (nSPS) is 17.3. The predicted octanol–water partition coefficient (Wildman–Crippen LogP) is 3.85. The SMILES string of the molecule is CSCCC(NC(=O)C1CCCN(C(=O)c2ccc(Cl)cc2)C1)c1nnc2ccccn12. The molecule has 2 unspecified atom stereocenters. The zero-order chi connectivity index (χ0) is 22.5. The molecule has 1 aliphatic heterocycles. The number of piperidine rings is 1. The molecule has 3 aromatic rings. The number of aromatic nitrogens is 3. The average Bonchev–Trinajstić information content (AvgIpc) is 3.26. The van der Waals surface area contributed by atoms with Gasteiger partial charge < -0.3 is 10.2 Å². The maximum Gasteiger partial charge on any atom is 0.253 e. The molecule has 0 bridgehead atoms. The van der Waals surface area contributed by atoms with Crippen LogP contribution in [-0.2, 0) is 4.79 Å². The maximum absolute atomic E-state index is 13.2. The third kappa shape index (κ3) is 5.07. The van der Waals surface area contributed by atoms with Crippen LogP contribution in [0.5, 0.6) is 0 Å². The van der Waals surface area contributed by atoms with Gasteiger partial charge >= 0.3 is 0 Å². The standard InChI is InChI=1S/C23H26ClN5O2S/c1-32-14-11-19(21-27-26-20-6-2-3-13-29(20)21)25-22(30)17-5-4-12-28(15-17)23(31)16-7-9-18(24)10-8-16/h2-3,6-10,13,17,19H,4-5,11-12,14-15H2,1H3,(H,25,30). The van der Waals surface area contributed by atoms with Crippen molar-refractivity contribution in [1.29, 1.82) is 0 Å². The molecule has 3 heterocycles. The van der Waals surface area contributed by atoms with Crippen molar-refractivity contribution in [3.63, 3.8) is 0 Å². The Labute approximate surface area is 196 Å². The van der Waals surface area contributed by atoms with Gasteiger partial charge in [-0.25, -0.2) is 0 Å². The third-order valence-electron chi connectivity index (χ3n) is 5.75. The van der Waals surface area contributed by atoms with Crippen molar-refractivity contribution in [3.8, 4) is 0 Å². The van der Waals surface area contributed by atoms with Crippen molar-refractivity contribution in [2.75, 3.05) is 25.1 Å². The van der Waals surface area contributed by atoms with Crippen LogP contribution in [0, 0.1) is 5.92 Å². The Morgan fingerprint density at radius 1 is 1.22 bits per heavy atom. The van der Waals surface area contributed by atoms with Crippen molar-refractivity contribution in [2.45, 2.75) is 25.3 Å². The minimum atomic E-state index is -0.254. The quantitative estimate of drug-likeness (QED) is 0.566. The minimum Gasteiger partial charge on any atom is -0.346 e. The van der Waals surface area contributed by atoms with E-state index in [1.807, 2.05) is 35.1 Å². The number of benzene rings is 1. The lowest BCUT2D eigenvalue weighted by molar-refractivity contribution is -0.127. The number of hydrogen-bond donors (Lipinski definition) is 1. The van der Waals surface area contributed by atoms with Gasteiger partial charge in [-0.05, 0) is 67.7 Å². The Balaban J connectivity index is 1.46. The molecule has 1 saturated heterocycles. The Kier molecular flexibility index (Phi) is 7.32. The molecular weight excluding hydrogens is 446 g/mol. The number of rotatable bonds is 7.